The number of aromatic nitrogens is 1. The molecule has 0 saturated carbocycles. The molecule has 2 aliphatic rings. The fraction of sp³-hybridized carbons (Fsp3) is 0.370. The number of amides is 2. The lowest BCUT2D eigenvalue weighted by Crippen LogP contribution is -2.50. The van der Waals surface area contributed by atoms with Gasteiger partial charge in [0.15, 0.2) is 0 Å². The van der Waals surface area contributed by atoms with E-state index in [1.807, 2.05) is 34.9 Å². The molecule has 36 heavy (non-hydrogen) atoms. The Bertz CT molecular complexity index is 1220. The van der Waals surface area contributed by atoms with Crippen LogP contribution in [0.2, 0.25) is 10.0 Å². The van der Waals surface area contributed by atoms with Crippen molar-refractivity contribution >= 4 is 52.0 Å². The largest absolute Gasteiger partial charge is 0.365 e. The zero-order valence-corrected chi connectivity index (χ0v) is 22.4. The third kappa shape index (κ3) is 4.97. The lowest BCUT2D eigenvalue weighted by atomic mass is 9.91. The van der Waals surface area contributed by atoms with Crippen LogP contribution in [0, 0.1) is 5.92 Å². The van der Waals surface area contributed by atoms with Crippen LogP contribution in [0.25, 0.3) is 0 Å². The molecule has 0 aliphatic carbocycles. The zero-order chi connectivity index (χ0) is 25.2. The summed E-state index contributed by atoms with van der Waals surface area (Å²) in [4.78, 5) is 38.1. The lowest BCUT2D eigenvalue weighted by Gasteiger charge is -2.39. The van der Waals surface area contributed by atoms with Crippen LogP contribution in [-0.2, 0) is 16.0 Å². The fourth-order valence-corrected chi connectivity index (χ4v) is 6.70. The van der Waals surface area contributed by atoms with Crippen LogP contribution in [0.4, 0.5) is 5.69 Å². The number of anilines is 1. The molecule has 4 heterocycles. The number of piperazine rings is 1. The summed E-state index contributed by atoms with van der Waals surface area (Å²) in [5.74, 6) is -0.360. The Hall–Kier alpha value is -2.61. The van der Waals surface area contributed by atoms with Gasteiger partial charge in [-0.3, -0.25) is 14.6 Å². The molecular weight excluding hydrogens is 515 g/mol. The van der Waals surface area contributed by atoms with Gasteiger partial charge >= 0.3 is 0 Å². The average molecular weight is 544 g/mol. The van der Waals surface area contributed by atoms with Gasteiger partial charge in [0.05, 0.1) is 21.8 Å². The van der Waals surface area contributed by atoms with Gasteiger partial charge in [0, 0.05) is 62.3 Å². The normalized spacial score (nSPS) is 18.6. The number of carbonyl (C=O) groups excluding carboxylic acids is 2. The van der Waals surface area contributed by atoms with E-state index >= 15 is 0 Å². The summed E-state index contributed by atoms with van der Waals surface area (Å²) in [6, 6.07) is 12.2. The second kappa shape index (κ2) is 10.8. The maximum absolute atomic E-state index is 13.7. The smallest absolute Gasteiger partial charge is 0.226 e. The van der Waals surface area contributed by atoms with Crippen molar-refractivity contribution in [1.82, 2.24) is 14.8 Å². The molecule has 0 bridgehead atoms. The van der Waals surface area contributed by atoms with Crippen molar-refractivity contribution in [2.45, 2.75) is 25.8 Å². The van der Waals surface area contributed by atoms with Crippen LogP contribution in [0.5, 0.6) is 0 Å². The molecule has 188 valence electrons. The second-order valence-electron chi connectivity index (χ2n) is 9.32. The molecule has 1 aromatic carbocycles. The highest BCUT2D eigenvalue weighted by molar-refractivity contribution is 7.10. The minimum absolute atomic E-state index is 0.00640. The van der Waals surface area contributed by atoms with E-state index in [9.17, 15) is 9.59 Å². The van der Waals surface area contributed by atoms with Gasteiger partial charge in [0.25, 0.3) is 0 Å². The molecule has 2 aromatic heterocycles. The van der Waals surface area contributed by atoms with Gasteiger partial charge in [0.2, 0.25) is 11.8 Å². The number of pyridine rings is 1. The van der Waals surface area contributed by atoms with E-state index in [1.54, 1.807) is 23.7 Å². The molecule has 0 N–H and O–H groups in total. The fourth-order valence-electron chi connectivity index (χ4n) is 5.20. The first-order chi connectivity index (χ1) is 17.4. The van der Waals surface area contributed by atoms with Gasteiger partial charge in [0.1, 0.15) is 0 Å². The standard InChI is InChI=1S/C27H28Cl2N4O2S/c1-18(15-24(34)31-10-12-32(13-11-31)26-21(28)16-30-17-22(26)29)27(35)33-9-7-23-20(8-14-36-23)25(33)19-5-3-2-4-6-19/h2-6,8,14,16-18,25H,7,9-13,15H2,1H3. The molecular formula is C27H28Cl2N4O2S. The summed E-state index contributed by atoms with van der Waals surface area (Å²) in [5.41, 5.74) is 3.07. The first-order valence-electron chi connectivity index (χ1n) is 12.2. The van der Waals surface area contributed by atoms with Crippen LogP contribution in [-0.4, -0.2) is 59.3 Å². The van der Waals surface area contributed by atoms with Gasteiger partial charge in [-0.2, -0.15) is 0 Å². The van der Waals surface area contributed by atoms with Crippen LogP contribution in [0.15, 0.2) is 54.2 Å². The highest BCUT2D eigenvalue weighted by atomic mass is 35.5. The summed E-state index contributed by atoms with van der Waals surface area (Å²) in [7, 11) is 0. The van der Waals surface area contributed by atoms with Gasteiger partial charge in [-0.1, -0.05) is 60.5 Å². The number of nitrogens with zero attached hydrogens (tertiary/aromatic N) is 4. The number of halogens is 2. The molecule has 3 aromatic rings. The molecule has 2 aliphatic heterocycles. The molecule has 0 radical (unpaired) electrons. The monoisotopic (exact) mass is 542 g/mol. The third-order valence-electron chi connectivity index (χ3n) is 7.04. The van der Waals surface area contributed by atoms with Crippen molar-refractivity contribution in [2.24, 2.45) is 5.92 Å². The van der Waals surface area contributed by atoms with E-state index in [1.165, 1.54) is 10.4 Å². The van der Waals surface area contributed by atoms with Crippen molar-refractivity contribution in [3.63, 3.8) is 0 Å². The SMILES string of the molecule is CC(CC(=O)N1CCN(c2c(Cl)cncc2Cl)CC1)C(=O)N1CCc2sccc2C1c1ccccc1. The van der Waals surface area contributed by atoms with Crippen molar-refractivity contribution in [2.75, 3.05) is 37.6 Å². The van der Waals surface area contributed by atoms with E-state index in [-0.39, 0.29) is 24.3 Å². The molecule has 0 spiro atoms. The second-order valence-corrected chi connectivity index (χ2v) is 11.1. The first kappa shape index (κ1) is 25.1. The third-order valence-corrected chi connectivity index (χ3v) is 8.59. The van der Waals surface area contributed by atoms with Crippen molar-refractivity contribution in [3.05, 3.63) is 80.2 Å². The lowest BCUT2D eigenvalue weighted by molar-refractivity contribution is -0.142. The number of rotatable bonds is 5. The summed E-state index contributed by atoms with van der Waals surface area (Å²) >= 11 is 14.4. The van der Waals surface area contributed by atoms with Gasteiger partial charge in [-0.15, -0.1) is 11.3 Å². The topological polar surface area (TPSA) is 56.8 Å². The van der Waals surface area contributed by atoms with Crippen LogP contribution in [0.1, 0.15) is 35.4 Å². The highest BCUT2D eigenvalue weighted by Gasteiger charge is 2.36. The van der Waals surface area contributed by atoms with Crippen molar-refractivity contribution < 1.29 is 9.59 Å². The van der Waals surface area contributed by atoms with Crippen LogP contribution in [0.3, 0.4) is 0 Å². The molecule has 2 unspecified atom stereocenters. The summed E-state index contributed by atoms with van der Waals surface area (Å²) < 4.78 is 0. The van der Waals surface area contributed by atoms with E-state index in [0.29, 0.717) is 42.8 Å². The van der Waals surface area contributed by atoms with Gasteiger partial charge < -0.3 is 14.7 Å². The number of thiophene rings is 1. The molecule has 1 fully saturated rings. The molecule has 1 saturated heterocycles. The predicted molar refractivity (Wildman–Crippen MR) is 145 cm³/mol. The first-order valence-corrected chi connectivity index (χ1v) is 13.8. The summed E-state index contributed by atoms with van der Waals surface area (Å²) in [5, 5.41) is 3.11. The Kier molecular flexibility index (Phi) is 7.51. The highest BCUT2D eigenvalue weighted by Crippen LogP contribution is 2.39. The number of fused-ring (bicyclic) bond motifs is 1. The number of carbonyl (C=O) groups is 2. The maximum atomic E-state index is 13.7. The van der Waals surface area contributed by atoms with Gasteiger partial charge in [-0.05, 0) is 29.0 Å². The Morgan fingerprint density at radius 1 is 1.03 bits per heavy atom. The Morgan fingerprint density at radius 3 is 2.42 bits per heavy atom. The van der Waals surface area contributed by atoms with E-state index in [2.05, 4.69) is 33.5 Å². The molecule has 9 heteroatoms. The van der Waals surface area contributed by atoms with E-state index in [4.69, 9.17) is 23.2 Å². The minimum atomic E-state index is -0.397. The van der Waals surface area contributed by atoms with E-state index < -0.39 is 5.92 Å². The quantitative estimate of drug-likeness (QED) is 0.439. The molecule has 2 atom stereocenters. The number of hydrogen-bond donors (Lipinski definition) is 0. The zero-order valence-electron chi connectivity index (χ0n) is 20.1. The van der Waals surface area contributed by atoms with Crippen molar-refractivity contribution in [3.8, 4) is 0 Å². The summed E-state index contributed by atoms with van der Waals surface area (Å²) in [6.45, 7) is 4.91. The van der Waals surface area contributed by atoms with Crippen molar-refractivity contribution in [1.29, 1.82) is 0 Å². The number of benzene rings is 1. The molecule has 6 nitrogen and oxygen atoms in total. The molecule has 2 amide bonds. The Morgan fingerprint density at radius 2 is 1.72 bits per heavy atom. The van der Waals surface area contributed by atoms with Crippen LogP contribution < -0.4 is 4.90 Å². The Labute approximate surface area is 225 Å². The summed E-state index contributed by atoms with van der Waals surface area (Å²) in [6.07, 6.45) is 4.21. The minimum Gasteiger partial charge on any atom is -0.365 e. The van der Waals surface area contributed by atoms with Gasteiger partial charge in [-0.25, -0.2) is 0 Å². The van der Waals surface area contributed by atoms with E-state index in [0.717, 1.165) is 17.7 Å². The Balaban J connectivity index is 1.24. The average Bonchev–Trinajstić information content (AvgIpc) is 3.37. The maximum Gasteiger partial charge on any atom is 0.226 e. The van der Waals surface area contributed by atoms with Crippen LogP contribution >= 0.6 is 34.5 Å². The molecule has 5 rings (SSSR count). The number of hydrogen-bond acceptors (Lipinski definition) is 5. The predicted octanol–water partition coefficient (Wildman–Crippen LogP) is 5.30.